The first-order chi connectivity index (χ1) is 9.81. The molecule has 0 aliphatic carbocycles. The van der Waals surface area contributed by atoms with Gasteiger partial charge in [-0.3, -0.25) is 9.52 Å². The van der Waals surface area contributed by atoms with Crippen molar-refractivity contribution in [1.29, 1.82) is 0 Å². The van der Waals surface area contributed by atoms with Crippen molar-refractivity contribution in [3.8, 4) is 11.5 Å². The Morgan fingerprint density at radius 2 is 1.90 bits per heavy atom. The Kier molecular flexibility index (Phi) is 5.83. The molecule has 0 bridgehead atoms. The van der Waals surface area contributed by atoms with Gasteiger partial charge in [-0.25, -0.2) is 8.42 Å². The molecule has 0 aliphatic rings. The summed E-state index contributed by atoms with van der Waals surface area (Å²) in [6.07, 6.45) is 0. The second-order valence-corrected chi connectivity index (χ2v) is 6.15. The van der Waals surface area contributed by atoms with E-state index in [2.05, 4.69) is 4.72 Å². The summed E-state index contributed by atoms with van der Waals surface area (Å²) >= 11 is 0. The van der Waals surface area contributed by atoms with E-state index in [9.17, 15) is 13.2 Å². The van der Waals surface area contributed by atoms with E-state index >= 15 is 0 Å². The van der Waals surface area contributed by atoms with Crippen LogP contribution in [0, 0.1) is 0 Å². The number of ether oxygens (including phenoxy) is 2. The second kappa shape index (κ2) is 7.16. The molecule has 0 spiro atoms. The van der Waals surface area contributed by atoms with Gasteiger partial charge in [-0.15, -0.1) is 0 Å². The average molecular weight is 317 g/mol. The summed E-state index contributed by atoms with van der Waals surface area (Å²) < 4.78 is 36.8. The van der Waals surface area contributed by atoms with Crippen LogP contribution in [0.2, 0.25) is 0 Å². The molecular formula is C13H19NO6S. The molecule has 2 N–H and O–H groups in total. The van der Waals surface area contributed by atoms with E-state index in [0.717, 1.165) is 6.92 Å². The Labute approximate surface area is 123 Å². The van der Waals surface area contributed by atoms with Gasteiger partial charge in [-0.2, -0.15) is 0 Å². The molecule has 0 fully saturated rings. The average Bonchev–Trinajstić information content (AvgIpc) is 2.41. The lowest BCUT2D eigenvalue weighted by Gasteiger charge is -2.16. The first kappa shape index (κ1) is 17.1. The van der Waals surface area contributed by atoms with E-state index in [1.54, 1.807) is 26.0 Å². The van der Waals surface area contributed by atoms with Gasteiger partial charge in [0.05, 0.1) is 18.9 Å². The third kappa shape index (κ3) is 4.52. The number of carboxylic acids is 1. The van der Waals surface area contributed by atoms with Crippen LogP contribution in [0.1, 0.15) is 20.8 Å². The molecule has 0 aromatic heterocycles. The number of benzene rings is 1. The van der Waals surface area contributed by atoms with E-state index in [1.807, 2.05) is 0 Å². The fourth-order valence-electron chi connectivity index (χ4n) is 1.50. The van der Waals surface area contributed by atoms with Crippen molar-refractivity contribution in [2.24, 2.45) is 0 Å². The predicted molar refractivity (Wildman–Crippen MR) is 78.4 cm³/mol. The molecular weight excluding hydrogens is 298 g/mol. The third-order valence-electron chi connectivity index (χ3n) is 2.63. The maximum absolute atomic E-state index is 12.0. The number of nitrogens with one attached hydrogen (secondary N) is 1. The van der Waals surface area contributed by atoms with Gasteiger partial charge in [0, 0.05) is 6.07 Å². The highest BCUT2D eigenvalue weighted by Gasteiger charge is 2.28. The molecule has 118 valence electrons. The van der Waals surface area contributed by atoms with Crippen molar-refractivity contribution >= 4 is 21.7 Å². The van der Waals surface area contributed by atoms with Crippen LogP contribution in [0.15, 0.2) is 18.2 Å². The summed E-state index contributed by atoms with van der Waals surface area (Å²) in [6.45, 7) is 5.42. The minimum absolute atomic E-state index is 0.149. The van der Waals surface area contributed by atoms with Crippen molar-refractivity contribution in [2.45, 2.75) is 26.0 Å². The highest BCUT2D eigenvalue weighted by atomic mass is 32.2. The maximum Gasteiger partial charge on any atom is 0.323 e. The normalized spacial score (nSPS) is 12.5. The van der Waals surface area contributed by atoms with Gasteiger partial charge in [0.1, 0.15) is 11.5 Å². The molecule has 1 aromatic carbocycles. The molecule has 1 unspecified atom stereocenters. The first-order valence-electron chi connectivity index (χ1n) is 6.45. The minimum atomic E-state index is -4.07. The van der Waals surface area contributed by atoms with Crippen LogP contribution in [-0.4, -0.2) is 38.0 Å². The number of rotatable bonds is 8. The third-order valence-corrected chi connectivity index (χ3v) is 4.26. The number of sulfonamides is 1. The van der Waals surface area contributed by atoms with E-state index in [1.165, 1.54) is 6.07 Å². The number of hydrogen-bond donors (Lipinski definition) is 2. The Morgan fingerprint density at radius 1 is 1.29 bits per heavy atom. The lowest BCUT2D eigenvalue weighted by Crippen LogP contribution is -2.32. The van der Waals surface area contributed by atoms with Gasteiger partial charge in [0.2, 0.25) is 10.0 Å². The number of hydrogen-bond acceptors (Lipinski definition) is 5. The molecule has 21 heavy (non-hydrogen) atoms. The Hall–Kier alpha value is -1.96. The van der Waals surface area contributed by atoms with Crippen LogP contribution < -0.4 is 14.2 Å². The molecule has 0 heterocycles. The molecule has 1 rings (SSSR count). The molecule has 8 heteroatoms. The molecule has 0 saturated carbocycles. The van der Waals surface area contributed by atoms with E-state index in [4.69, 9.17) is 14.6 Å². The SMILES string of the molecule is CCOc1ccc(OCC)c(NS(=O)(=O)C(C)C(=O)O)c1. The Morgan fingerprint density at radius 3 is 2.43 bits per heavy atom. The Balaban J connectivity index is 3.14. The fourth-order valence-corrected chi connectivity index (χ4v) is 2.41. The van der Waals surface area contributed by atoms with Gasteiger partial charge in [-0.1, -0.05) is 0 Å². The first-order valence-corrected chi connectivity index (χ1v) is 8.00. The molecule has 7 nitrogen and oxygen atoms in total. The molecule has 0 radical (unpaired) electrons. The summed E-state index contributed by atoms with van der Waals surface area (Å²) in [7, 11) is -4.07. The lowest BCUT2D eigenvalue weighted by atomic mass is 10.3. The van der Waals surface area contributed by atoms with Crippen molar-refractivity contribution in [3.63, 3.8) is 0 Å². The summed E-state index contributed by atoms with van der Waals surface area (Å²) in [4.78, 5) is 10.8. The van der Waals surface area contributed by atoms with Crippen LogP contribution in [0.25, 0.3) is 0 Å². The van der Waals surface area contributed by atoms with Crippen LogP contribution >= 0.6 is 0 Å². The van der Waals surface area contributed by atoms with Gasteiger partial charge in [0.15, 0.2) is 5.25 Å². The minimum Gasteiger partial charge on any atom is -0.494 e. The van der Waals surface area contributed by atoms with Crippen LogP contribution in [0.3, 0.4) is 0 Å². The molecule has 0 aliphatic heterocycles. The predicted octanol–water partition coefficient (Wildman–Crippen LogP) is 1.70. The zero-order valence-electron chi connectivity index (χ0n) is 12.1. The van der Waals surface area contributed by atoms with Gasteiger partial charge in [0.25, 0.3) is 0 Å². The maximum atomic E-state index is 12.0. The van der Waals surface area contributed by atoms with Gasteiger partial charge >= 0.3 is 5.97 Å². The summed E-state index contributed by atoms with van der Waals surface area (Å²) in [5, 5.41) is 7.25. The smallest absolute Gasteiger partial charge is 0.323 e. The van der Waals surface area contributed by atoms with E-state index in [0.29, 0.717) is 24.7 Å². The molecule has 0 saturated heterocycles. The summed E-state index contributed by atoms with van der Waals surface area (Å²) in [5.41, 5.74) is 0.149. The van der Waals surface area contributed by atoms with Crippen molar-refractivity contribution in [3.05, 3.63) is 18.2 Å². The molecule has 1 atom stereocenters. The number of carboxylic acid groups (broad SMARTS) is 1. The van der Waals surface area contributed by atoms with Crippen molar-refractivity contribution in [1.82, 2.24) is 0 Å². The quantitative estimate of drug-likeness (QED) is 0.756. The van der Waals surface area contributed by atoms with E-state index < -0.39 is 21.2 Å². The zero-order chi connectivity index (χ0) is 16.0. The van der Waals surface area contributed by atoms with E-state index in [-0.39, 0.29) is 5.69 Å². The van der Waals surface area contributed by atoms with Gasteiger partial charge < -0.3 is 14.6 Å². The van der Waals surface area contributed by atoms with Gasteiger partial charge in [-0.05, 0) is 32.9 Å². The zero-order valence-corrected chi connectivity index (χ0v) is 12.9. The summed E-state index contributed by atoms with van der Waals surface area (Å²) in [6, 6.07) is 4.67. The number of aliphatic carboxylic acids is 1. The summed E-state index contributed by atoms with van der Waals surface area (Å²) in [5.74, 6) is -0.662. The monoisotopic (exact) mass is 317 g/mol. The fraction of sp³-hybridized carbons (Fsp3) is 0.462. The van der Waals surface area contributed by atoms with Crippen LogP contribution in [0.5, 0.6) is 11.5 Å². The number of anilines is 1. The largest absolute Gasteiger partial charge is 0.494 e. The second-order valence-electron chi connectivity index (χ2n) is 4.15. The molecule has 1 aromatic rings. The lowest BCUT2D eigenvalue weighted by molar-refractivity contribution is -0.136. The van der Waals surface area contributed by atoms with Crippen molar-refractivity contribution in [2.75, 3.05) is 17.9 Å². The van der Waals surface area contributed by atoms with Crippen LogP contribution in [0.4, 0.5) is 5.69 Å². The standard InChI is InChI=1S/C13H19NO6S/c1-4-19-10-6-7-12(20-5-2)11(8-10)14-21(17,18)9(3)13(15)16/h6-9,14H,4-5H2,1-3H3,(H,15,16). The topological polar surface area (TPSA) is 102 Å². The van der Waals surface area contributed by atoms with Crippen molar-refractivity contribution < 1.29 is 27.8 Å². The van der Waals surface area contributed by atoms with Crippen LogP contribution in [-0.2, 0) is 14.8 Å². The highest BCUT2D eigenvalue weighted by Crippen LogP contribution is 2.30. The number of carbonyl (C=O) groups is 1. The highest BCUT2D eigenvalue weighted by molar-refractivity contribution is 7.94. The Bertz CT molecular complexity index is 599. The molecule has 0 amide bonds.